The lowest BCUT2D eigenvalue weighted by molar-refractivity contribution is 0.268. The minimum Gasteiger partial charge on any atom is -0.313 e. The molecular formula is C15H29N3. The quantitative estimate of drug-likeness (QED) is 0.839. The molecular weight excluding hydrogens is 222 g/mol. The van der Waals surface area contributed by atoms with Gasteiger partial charge in [0.15, 0.2) is 0 Å². The van der Waals surface area contributed by atoms with E-state index < -0.39 is 0 Å². The van der Waals surface area contributed by atoms with E-state index in [1.807, 2.05) is 0 Å². The van der Waals surface area contributed by atoms with Gasteiger partial charge in [-0.1, -0.05) is 34.6 Å². The molecule has 0 aromatic carbocycles. The van der Waals surface area contributed by atoms with Crippen LogP contribution in [-0.4, -0.2) is 22.4 Å². The van der Waals surface area contributed by atoms with E-state index in [1.54, 1.807) is 0 Å². The first-order chi connectivity index (χ1) is 8.38. The van der Waals surface area contributed by atoms with Gasteiger partial charge in [0.1, 0.15) is 0 Å². The molecule has 2 atom stereocenters. The van der Waals surface area contributed by atoms with Crippen molar-refractivity contribution in [2.75, 3.05) is 6.54 Å². The van der Waals surface area contributed by atoms with Crippen LogP contribution in [0.4, 0.5) is 0 Å². The molecule has 0 bridgehead atoms. The van der Waals surface area contributed by atoms with Crippen LogP contribution in [0.5, 0.6) is 0 Å². The summed E-state index contributed by atoms with van der Waals surface area (Å²) in [6.45, 7) is 14.4. The van der Waals surface area contributed by atoms with Crippen molar-refractivity contribution in [2.45, 2.75) is 66.5 Å². The molecule has 1 rings (SSSR count). The summed E-state index contributed by atoms with van der Waals surface area (Å²) in [6, 6.07) is 3.12. The Morgan fingerprint density at radius 3 is 2.50 bits per heavy atom. The number of nitrogens with zero attached hydrogens (tertiary/aromatic N) is 2. The first-order valence-corrected chi connectivity index (χ1v) is 7.15. The van der Waals surface area contributed by atoms with E-state index in [2.05, 4.69) is 63.8 Å². The zero-order valence-corrected chi connectivity index (χ0v) is 12.8. The summed E-state index contributed by atoms with van der Waals surface area (Å²) in [7, 11) is 0. The van der Waals surface area contributed by atoms with Gasteiger partial charge in [0.2, 0.25) is 0 Å². The van der Waals surface area contributed by atoms with E-state index in [9.17, 15) is 0 Å². The molecule has 3 nitrogen and oxygen atoms in total. The molecule has 0 amide bonds. The number of aromatic nitrogens is 2. The second-order valence-corrected chi connectivity index (χ2v) is 6.22. The highest BCUT2D eigenvalue weighted by Gasteiger charge is 2.24. The molecule has 0 aliphatic rings. The van der Waals surface area contributed by atoms with E-state index in [1.165, 1.54) is 5.69 Å². The lowest BCUT2D eigenvalue weighted by atomic mass is 9.84. The maximum Gasteiger partial charge on any atom is 0.0640 e. The van der Waals surface area contributed by atoms with Gasteiger partial charge in [-0.3, -0.25) is 4.68 Å². The average molecular weight is 251 g/mol. The van der Waals surface area contributed by atoms with Crippen molar-refractivity contribution >= 4 is 0 Å². The highest BCUT2D eigenvalue weighted by Crippen LogP contribution is 2.22. The zero-order chi connectivity index (χ0) is 13.8. The Bertz CT molecular complexity index is 349. The minimum atomic E-state index is 0.260. The average Bonchev–Trinajstić information content (AvgIpc) is 2.75. The number of rotatable bonds is 6. The molecule has 0 radical (unpaired) electrons. The Morgan fingerprint density at radius 1 is 1.33 bits per heavy atom. The fourth-order valence-electron chi connectivity index (χ4n) is 2.06. The van der Waals surface area contributed by atoms with Crippen LogP contribution in [0.25, 0.3) is 0 Å². The molecule has 0 fully saturated rings. The van der Waals surface area contributed by atoms with Crippen molar-refractivity contribution in [1.82, 2.24) is 15.1 Å². The number of likely N-dealkylation sites (N-methyl/N-ethyl adjacent to an activating group) is 1. The zero-order valence-electron chi connectivity index (χ0n) is 12.8. The predicted octanol–water partition coefficient (Wildman–Crippen LogP) is 3.42. The summed E-state index contributed by atoms with van der Waals surface area (Å²) in [5.41, 5.74) is 1.45. The molecule has 1 aromatic heterocycles. The Hall–Kier alpha value is -0.830. The molecule has 104 valence electrons. The normalized spacial score (nSPS) is 15.7. The van der Waals surface area contributed by atoms with E-state index in [0.717, 1.165) is 19.4 Å². The smallest absolute Gasteiger partial charge is 0.0640 e. The number of nitrogens with one attached hydrogen (secondary N) is 1. The molecule has 1 N–H and O–H groups in total. The first-order valence-electron chi connectivity index (χ1n) is 7.15. The van der Waals surface area contributed by atoms with Crippen molar-refractivity contribution in [3.63, 3.8) is 0 Å². The first kappa shape index (κ1) is 15.2. The summed E-state index contributed by atoms with van der Waals surface area (Å²) in [5, 5.41) is 8.27. The molecule has 0 spiro atoms. The summed E-state index contributed by atoms with van der Waals surface area (Å²) < 4.78 is 2.08. The van der Waals surface area contributed by atoms with Crippen LogP contribution < -0.4 is 5.32 Å². The lowest BCUT2D eigenvalue weighted by Gasteiger charge is -2.31. The van der Waals surface area contributed by atoms with Crippen LogP contribution in [0.1, 0.15) is 59.7 Å². The fourth-order valence-corrected chi connectivity index (χ4v) is 2.06. The Balaban J connectivity index is 2.72. The highest BCUT2D eigenvalue weighted by molar-refractivity contribution is 5.04. The molecule has 2 unspecified atom stereocenters. The Labute approximate surface area is 112 Å². The van der Waals surface area contributed by atoms with Crippen LogP contribution in [0.15, 0.2) is 12.3 Å². The van der Waals surface area contributed by atoms with Gasteiger partial charge < -0.3 is 5.32 Å². The minimum absolute atomic E-state index is 0.260. The Morgan fingerprint density at radius 2 is 2.00 bits per heavy atom. The molecule has 0 aliphatic carbocycles. The Kier molecular flexibility index (Phi) is 5.39. The van der Waals surface area contributed by atoms with Gasteiger partial charge in [0.05, 0.1) is 5.69 Å². The van der Waals surface area contributed by atoms with Crippen LogP contribution >= 0.6 is 0 Å². The van der Waals surface area contributed by atoms with Crippen molar-refractivity contribution < 1.29 is 0 Å². The van der Waals surface area contributed by atoms with E-state index in [-0.39, 0.29) is 5.41 Å². The van der Waals surface area contributed by atoms with Gasteiger partial charge >= 0.3 is 0 Å². The van der Waals surface area contributed by atoms with Crippen molar-refractivity contribution in [3.8, 4) is 0 Å². The summed E-state index contributed by atoms with van der Waals surface area (Å²) in [5.74, 6) is 0. The molecule has 0 saturated carbocycles. The number of hydrogen-bond donors (Lipinski definition) is 1. The summed E-state index contributed by atoms with van der Waals surface area (Å²) in [6.07, 6.45) is 4.23. The SMILES string of the molecule is CCNC(Cc1ccn(C(C)CC)n1)C(C)(C)C. The topological polar surface area (TPSA) is 29.9 Å². The second kappa shape index (κ2) is 6.37. The van der Waals surface area contributed by atoms with E-state index >= 15 is 0 Å². The third-order valence-corrected chi connectivity index (χ3v) is 3.62. The monoisotopic (exact) mass is 251 g/mol. The van der Waals surface area contributed by atoms with Crippen LogP contribution in [0.3, 0.4) is 0 Å². The maximum absolute atomic E-state index is 4.69. The molecule has 1 heterocycles. The van der Waals surface area contributed by atoms with Gasteiger partial charge in [0.25, 0.3) is 0 Å². The fraction of sp³-hybridized carbons (Fsp3) is 0.800. The predicted molar refractivity (Wildman–Crippen MR) is 77.9 cm³/mol. The molecule has 18 heavy (non-hydrogen) atoms. The summed E-state index contributed by atoms with van der Waals surface area (Å²) >= 11 is 0. The summed E-state index contributed by atoms with van der Waals surface area (Å²) in [4.78, 5) is 0. The molecule has 1 aromatic rings. The van der Waals surface area contributed by atoms with Gasteiger partial charge in [-0.05, 0) is 31.4 Å². The van der Waals surface area contributed by atoms with Crippen molar-refractivity contribution in [3.05, 3.63) is 18.0 Å². The third kappa shape index (κ3) is 4.13. The van der Waals surface area contributed by atoms with Crippen LogP contribution in [0, 0.1) is 5.41 Å². The van der Waals surface area contributed by atoms with Crippen molar-refractivity contribution in [1.29, 1.82) is 0 Å². The molecule has 0 saturated heterocycles. The van der Waals surface area contributed by atoms with Gasteiger partial charge in [0, 0.05) is 24.7 Å². The molecule has 3 heteroatoms. The van der Waals surface area contributed by atoms with Gasteiger partial charge in [-0.2, -0.15) is 5.10 Å². The van der Waals surface area contributed by atoms with Gasteiger partial charge in [-0.25, -0.2) is 0 Å². The molecule has 0 aliphatic heterocycles. The van der Waals surface area contributed by atoms with Crippen LogP contribution in [0.2, 0.25) is 0 Å². The van der Waals surface area contributed by atoms with Gasteiger partial charge in [-0.15, -0.1) is 0 Å². The van der Waals surface area contributed by atoms with E-state index in [0.29, 0.717) is 12.1 Å². The standard InChI is InChI=1S/C15H29N3/c1-7-12(3)18-10-9-13(17-18)11-14(16-8-2)15(4,5)6/h9-10,12,14,16H,7-8,11H2,1-6H3. The third-order valence-electron chi connectivity index (χ3n) is 3.62. The lowest BCUT2D eigenvalue weighted by Crippen LogP contribution is -2.42. The number of hydrogen-bond acceptors (Lipinski definition) is 2. The highest BCUT2D eigenvalue weighted by atomic mass is 15.3. The van der Waals surface area contributed by atoms with Crippen LogP contribution in [-0.2, 0) is 6.42 Å². The second-order valence-electron chi connectivity index (χ2n) is 6.22. The largest absolute Gasteiger partial charge is 0.313 e. The maximum atomic E-state index is 4.69. The van der Waals surface area contributed by atoms with E-state index in [4.69, 9.17) is 5.10 Å². The van der Waals surface area contributed by atoms with Crippen molar-refractivity contribution in [2.24, 2.45) is 5.41 Å².